The first kappa shape index (κ1) is 14.4. The lowest BCUT2D eigenvalue weighted by molar-refractivity contribution is 0.717. The number of hydrogen-bond acceptors (Lipinski definition) is 0. The van der Waals surface area contributed by atoms with Gasteiger partial charge in [0.25, 0.3) is 0 Å². The van der Waals surface area contributed by atoms with E-state index in [1.807, 2.05) is 6.92 Å². The average Bonchev–Trinajstić information content (AvgIpc) is 2.49. The lowest BCUT2D eigenvalue weighted by Gasteiger charge is -2.05. The number of hydrogen-bond donors (Lipinski definition) is 0. The number of unbranched alkanes of at least 4 members (excludes halogenated alkanes) is 2. The summed E-state index contributed by atoms with van der Waals surface area (Å²) in [6.07, 6.45) is 5.09. The molecule has 2 aromatic rings. The molecule has 0 nitrogen and oxygen atoms in total. The van der Waals surface area contributed by atoms with Gasteiger partial charge >= 0.3 is 0 Å². The second-order valence-corrected chi connectivity index (χ2v) is 5.11. The molecular weight excluding hydrogens is 240 g/mol. The van der Waals surface area contributed by atoms with Gasteiger partial charge in [-0.15, -0.1) is 5.92 Å². The van der Waals surface area contributed by atoms with E-state index >= 15 is 0 Å². The summed E-state index contributed by atoms with van der Waals surface area (Å²) in [6.45, 7) is 4.11. The normalized spacial score (nSPS) is 9.90. The van der Waals surface area contributed by atoms with Gasteiger partial charge in [0.2, 0.25) is 0 Å². The molecule has 0 aliphatic carbocycles. The van der Waals surface area contributed by atoms with Crippen molar-refractivity contribution >= 4 is 0 Å². The zero-order chi connectivity index (χ0) is 14.2. The van der Waals surface area contributed by atoms with Crippen molar-refractivity contribution in [3.05, 3.63) is 59.7 Å². The molecule has 0 spiro atoms. The predicted octanol–water partition coefficient (Wildman–Crippen LogP) is 5.46. The highest BCUT2D eigenvalue weighted by atomic mass is 14.0. The van der Waals surface area contributed by atoms with E-state index in [1.54, 1.807) is 0 Å². The van der Waals surface area contributed by atoms with Crippen LogP contribution in [0.4, 0.5) is 0 Å². The van der Waals surface area contributed by atoms with Crippen LogP contribution < -0.4 is 0 Å². The molecule has 0 aliphatic heterocycles. The fourth-order valence-corrected chi connectivity index (χ4v) is 2.33. The minimum absolute atomic E-state index is 1.08. The van der Waals surface area contributed by atoms with Crippen LogP contribution in [-0.2, 0) is 6.42 Å². The maximum atomic E-state index is 3.07. The molecule has 0 saturated heterocycles. The molecule has 0 amide bonds. The second kappa shape index (κ2) is 7.56. The van der Waals surface area contributed by atoms with E-state index in [0.29, 0.717) is 0 Å². The maximum absolute atomic E-state index is 3.07. The summed E-state index contributed by atoms with van der Waals surface area (Å²) < 4.78 is 0. The highest BCUT2D eigenvalue weighted by Gasteiger charge is 1.98. The summed E-state index contributed by atoms with van der Waals surface area (Å²) in [6, 6.07) is 17.4. The van der Waals surface area contributed by atoms with E-state index in [0.717, 1.165) is 5.56 Å². The second-order valence-electron chi connectivity index (χ2n) is 5.11. The Morgan fingerprint density at radius 3 is 1.95 bits per heavy atom. The van der Waals surface area contributed by atoms with E-state index in [1.165, 1.54) is 42.4 Å². The molecule has 0 aromatic heterocycles. The first-order chi connectivity index (χ1) is 9.83. The number of rotatable bonds is 5. The van der Waals surface area contributed by atoms with Crippen LogP contribution >= 0.6 is 0 Å². The SMILES string of the molecule is CC#Cc1ccc(-c2ccc(CCCCC)cc2)cc1. The van der Waals surface area contributed by atoms with Crippen molar-refractivity contribution in [3.63, 3.8) is 0 Å². The van der Waals surface area contributed by atoms with Crippen LogP contribution in [0, 0.1) is 11.8 Å². The Morgan fingerprint density at radius 2 is 1.40 bits per heavy atom. The highest BCUT2D eigenvalue weighted by Crippen LogP contribution is 2.21. The van der Waals surface area contributed by atoms with Crippen molar-refractivity contribution in [1.82, 2.24) is 0 Å². The Bertz CT molecular complexity index is 577. The van der Waals surface area contributed by atoms with E-state index in [-0.39, 0.29) is 0 Å². The summed E-state index contributed by atoms with van der Waals surface area (Å²) in [5.41, 5.74) is 5.05. The first-order valence-corrected chi connectivity index (χ1v) is 7.45. The summed E-state index contributed by atoms with van der Waals surface area (Å²) in [5, 5.41) is 0. The van der Waals surface area contributed by atoms with Crippen LogP contribution in [0.2, 0.25) is 0 Å². The molecule has 0 heterocycles. The van der Waals surface area contributed by atoms with Gasteiger partial charge in [-0.25, -0.2) is 0 Å². The molecule has 2 rings (SSSR count). The van der Waals surface area contributed by atoms with Crippen molar-refractivity contribution < 1.29 is 0 Å². The van der Waals surface area contributed by atoms with E-state index in [9.17, 15) is 0 Å². The third-order valence-corrected chi connectivity index (χ3v) is 3.51. The topological polar surface area (TPSA) is 0 Å². The Balaban J connectivity index is 2.06. The molecule has 0 fully saturated rings. The molecule has 0 heteroatoms. The zero-order valence-electron chi connectivity index (χ0n) is 12.4. The van der Waals surface area contributed by atoms with Gasteiger partial charge in [0, 0.05) is 5.56 Å². The summed E-state index contributed by atoms with van der Waals surface area (Å²) in [7, 11) is 0. The van der Waals surface area contributed by atoms with E-state index in [2.05, 4.69) is 67.3 Å². The van der Waals surface area contributed by atoms with Crippen LogP contribution in [0.5, 0.6) is 0 Å². The Labute approximate surface area is 122 Å². The highest BCUT2D eigenvalue weighted by molar-refractivity contribution is 5.64. The van der Waals surface area contributed by atoms with E-state index in [4.69, 9.17) is 0 Å². The van der Waals surface area contributed by atoms with Crippen molar-refractivity contribution in [2.24, 2.45) is 0 Å². The average molecular weight is 262 g/mol. The first-order valence-electron chi connectivity index (χ1n) is 7.45. The largest absolute Gasteiger partial charge is 0.101 e. The van der Waals surface area contributed by atoms with Crippen LogP contribution in [-0.4, -0.2) is 0 Å². The third-order valence-electron chi connectivity index (χ3n) is 3.51. The minimum Gasteiger partial charge on any atom is -0.101 e. The van der Waals surface area contributed by atoms with Gasteiger partial charge < -0.3 is 0 Å². The molecular formula is C20H22. The Morgan fingerprint density at radius 1 is 0.800 bits per heavy atom. The third kappa shape index (κ3) is 4.00. The molecule has 20 heavy (non-hydrogen) atoms. The molecule has 0 aliphatic rings. The Kier molecular flexibility index (Phi) is 5.44. The molecule has 0 atom stereocenters. The summed E-state index contributed by atoms with van der Waals surface area (Å²) in [5.74, 6) is 6.00. The van der Waals surface area contributed by atoms with Crippen molar-refractivity contribution in [3.8, 4) is 23.0 Å². The van der Waals surface area contributed by atoms with Crippen LogP contribution in [0.15, 0.2) is 48.5 Å². The summed E-state index contributed by atoms with van der Waals surface area (Å²) >= 11 is 0. The zero-order valence-corrected chi connectivity index (χ0v) is 12.4. The predicted molar refractivity (Wildman–Crippen MR) is 87.7 cm³/mol. The lowest BCUT2D eigenvalue weighted by Crippen LogP contribution is -1.86. The monoisotopic (exact) mass is 262 g/mol. The Hall–Kier alpha value is -2.00. The van der Waals surface area contributed by atoms with Crippen molar-refractivity contribution in [2.45, 2.75) is 39.5 Å². The minimum atomic E-state index is 1.08. The quantitative estimate of drug-likeness (QED) is 0.496. The number of benzene rings is 2. The summed E-state index contributed by atoms with van der Waals surface area (Å²) in [4.78, 5) is 0. The van der Waals surface area contributed by atoms with Gasteiger partial charge in [-0.2, -0.15) is 0 Å². The van der Waals surface area contributed by atoms with Gasteiger partial charge in [-0.3, -0.25) is 0 Å². The van der Waals surface area contributed by atoms with Crippen molar-refractivity contribution in [2.75, 3.05) is 0 Å². The molecule has 0 bridgehead atoms. The molecule has 0 unspecified atom stereocenters. The van der Waals surface area contributed by atoms with Gasteiger partial charge in [-0.05, 0) is 48.6 Å². The molecule has 0 N–H and O–H groups in total. The van der Waals surface area contributed by atoms with Crippen molar-refractivity contribution in [1.29, 1.82) is 0 Å². The standard InChI is InChI=1S/C20H22/c1-3-5-6-8-18-11-15-20(16-12-18)19-13-9-17(7-4-2)10-14-19/h9-16H,3,5-6,8H2,1-2H3. The smallest absolute Gasteiger partial charge is 0.0245 e. The van der Waals surface area contributed by atoms with E-state index < -0.39 is 0 Å². The molecule has 102 valence electrons. The lowest BCUT2D eigenvalue weighted by atomic mass is 10.0. The van der Waals surface area contributed by atoms with Gasteiger partial charge in [0.05, 0.1) is 0 Å². The van der Waals surface area contributed by atoms with Crippen LogP contribution in [0.1, 0.15) is 44.2 Å². The molecule has 0 saturated carbocycles. The fraction of sp³-hybridized carbons (Fsp3) is 0.300. The van der Waals surface area contributed by atoms with Crippen LogP contribution in [0.3, 0.4) is 0 Å². The van der Waals surface area contributed by atoms with Gasteiger partial charge in [-0.1, -0.05) is 62.1 Å². The maximum Gasteiger partial charge on any atom is 0.0245 e. The van der Waals surface area contributed by atoms with Gasteiger partial charge in [0.15, 0.2) is 0 Å². The molecule has 0 radical (unpaired) electrons. The molecule has 2 aromatic carbocycles. The fourth-order valence-electron chi connectivity index (χ4n) is 2.33. The van der Waals surface area contributed by atoms with Crippen LogP contribution in [0.25, 0.3) is 11.1 Å². The van der Waals surface area contributed by atoms with Gasteiger partial charge in [0.1, 0.15) is 0 Å². The number of aryl methyl sites for hydroxylation is 1.